The Balaban J connectivity index is 1.34. The molecule has 0 saturated heterocycles. The molecule has 0 spiro atoms. The van der Waals surface area contributed by atoms with Gasteiger partial charge in [-0.15, -0.1) is 0 Å². The third-order valence-electron chi connectivity index (χ3n) is 5.35. The first-order valence-corrected chi connectivity index (χ1v) is 12.5. The number of aromatic nitrogens is 2. The molecule has 9 heteroatoms. The molecule has 2 heterocycles. The second-order valence-corrected chi connectivity index (χ2v) is 9.80. The first kappa shape index (κ1) is 22.7. The molecule has 1 aliphatic rings. The maximum Gasteiger partial charge on any atom is 0.266 e. The molecule has 1 aliphatic carbocycles. The van der Waals surface area contributed by atoms with Crippen LogP contribution in [0.1, 0.15) is 35.3 Å². The molecule has 1 saturated carbocycles. The van der Waals surface area contributed by atoms with Crippen LogP contribution in [0, 0.1) is 5.92 Å². The van der Waals surface area contributed by atoms with E-state index in [-0.39, 0.29) is 12.2 Å². The molecule has 0 atom stereocenters. The van der Waals surface area contributed by atoms with E-state index in [1.165, 1.54) is 31.5 Å². The van der Waals surface area contributed by atoms with E-state index in [0.29, 0.717) is 23.2 Å². The van der Waals surface area contributed by atoms with Crippen LogP contribution in [0.5, 0.6) is 11.6 Å². The predicted octanol–water partition coefficient (Wildman–Crippen LogP) is 3.59. The van der Waals surface area contributed by atoms with Crippen LogP contribution < -0.4 is 14.2 Å². The standard InChI is InChI=1S/C24H25N3O5S/c1-33(29,30)27-24(28)20-8-10-21(25-14-20)16-31-22-7-3-6-18(12-22)19-9-11-23(26-13-19)32-15-17-4-2-5-17/h3,6-14,17H,2,4-5,15-16H2,1H3,(H,27,28). The van der Waals surface area contributed by atoms with Crippen LogP contribution in [0.4, 0.5) is 0 Å². The van der Waals surface area contributed by atoms with Crippen molar-refractivity contribution in [3.63, 3.8) is 0 Å². The second-order valence-electron chi connectivity index (χ2n) is 8.05. The number of nitrogens with one attached hydrogen (secondary N) is 1. The van der Waals surface area contributed by atoms with E-state index >= 15 is 0 Å². The van der Waals surface area contributed by atoms with Crippen molar-refractivity contribution < 1.29 is 22.7 Å². The molecule has 1 fully saturated rings. The van der Waals surface area contributed by atoms with Crippen LogP contribution in [0.15, 0.2) is 60.9 Å². The van der Waals surface area contributed by atoms with Crippen molar-refractivity contribution in [2.24, 2.45) is 5.92 Å². The minimum absolute atomic E-state index is 0.152. The number of rotatable bonds is 9. The van der Waals surface area contributed by atoms with Gasteiger partial charge >= 0.3 is 0 Å². The number of benzene rings is 1. The zero-order valence-corrected chi connectivity index (χ0v) is 19.0. The third kappa shape index (κ3) is 6.52. The van der Waals surface area contributed by atoms with Crippen molar-refractivity contribution in [3.8, 4) is 22.8 Å². The van der Waals surface area contributed by atoms with Gasteiger partial charge in [-0.2, -0.15) is 0 Å². The summed E-state index contributed by atoms with van der Waals surface area (Å²) in [6.07, 6.45) is 7.80. The van der Waals surface area contributed by atoms with Crippen LogP contribution in [0.2, 0.25) is 0 Å². The highest BCUT2D eigenvalue weighted by atomic mass is 32.2. The molecule has 0 radical (unpaired) electrons. The number of amides is 1. The van der Waals surface area contributed by atoms with Crippen molar-refractivity contribution in [1.29, 1.82) is 0 Å². The fraction of sp³-hybridized carbons (Fsp3) is 0.292. The summed E-state index contributed by atoms with van der Waals surface area (Å²) in [5, 5.41) is 0. The van der Waals surface area contributed by atoms with E-state index < -0.39 is 15.9 Å². The molecule has 1 N–H and O–H groups in total. The van der Waals surface area contributed by atoms with Gasteiger partial charge in [0.05, 0.1) is 24.1 Å². The lowest BCUT2D eigenvalue weighted by atomic mass is 9.86. The van der Waals surface area contributed by atoms with Gasteiger partial charge in [-0.1, -0.05) is 18.6 Å². The number of ether oxygens (including phenoxy) is 2. The minimum Gasteiger partial charge on any atom is -0.487 e. The van der Waals surface area contributed by atoms with Gasteiger partial charge in [-0.25, -0.2) is 18.1 Å². The van der Waals surface area contributed by atoms with Gasteiger partial charge in [-0.3, -0.25) is 9.78 Å². The van der Waals surface area contributed by atoms with Gasteiger partial charge < -0.3 is 9.47 Å². The van der Waals surface area contributed by atoms with Gasteiger partial charge in [0, 0.05) is 24.0 Å². The molecule has 0 bridgehead atoms. The normalized spacial score (nSPS) is 13.7. The average Bonchev–Trinajstić information content (AvgIpc) is 2.76. The van der Waals surface area contributed by atoms with Crippen molar-refractivity contribution in [2.45, 2.75) is 25.9 Å². The van der Waals surface area contributed by atoms with E-state index in [4.69, 9.17) is 9.47 Å². The number of nitrogens with zero attached hydrogens (tertiary/aromatic N) is 2. The molecule has 2 aromatic heterocycles. The second kappa shape index (κ2) is 9.99. The molecular formula is C24H25N3O5S. The molecule has 172 valence electrons. The lowest BCUT2D eigenvalue weighted by molar-refractivity contribution is 0.0981. The molecule has 8 nitrogen and oxygen atoms in total. The Hall–Kier alpha value is -3.46. The van der Waals surface area contributed by atoms with E-state index in [1.807, 2.05) is 41.1 Å². The van der Waals surface area contributed by atoms with Crippen LogP contribution in [0.25, 0.3) is 11.1 Å². The summed E-state index contributed by atoms with van der Waals surface area (Å²) in [6, 6.07) is 14.6. The molecular weight excluding hydrogens is 442 g/mol. The highest BCUT2D eigenvalue weighted by molar-refractivity contribution is 7.89. The summed E-state index contributed by atoms with van der Waals surface area (Å²) in [5.41, 5.74) is 2.67. The van der Waals surface area contributed by atoms with Crippen molar-refractivity contribution in [2.75, 3.05) is 12.9 Å². The van der Waals surface area contributed by atoms with Gasteiger partial charge in [0.15, 0.2) is 0 Å². The average molecular weight is 468 g/mol. The summed E-state index contributed by atoms with van der Waals surface area (Å²) in [7, 11) is -3.63. The summed E-state index contributed by atoms with van der Waals surface area (Å²) < 4.78 is 35.8. The third-order valence-corrected chi connectivity index (χ3v) is 5.90. The maximum absolute atomic E-state index is 11.9. The monoisotopic (exact) mass is 467 g/mol. The number of pyridine rings is 2. The topological polar surface area (TPSA) is 107 Å². The number of sulfonamides is 1. The van der Waals surface area contributed by atoms with Gasteiger partial charge in [-0.05, 0) is 54.7 Å². The number of carbonyl (C=O) groups excluding carboxylic acids is 1. The Labute approximate surface area is 193 Å². The largest absolute Gasteiger partial charge is 0.487 e. The van der Waals surface area contributed by atoms with Crippen LogP contribution in [-0.2, 0) is 16.6 Å². The summed E-state index contributed by atoms with van der Waals surface area (Å²) in [4.78, 5) is 20.4. The minimum atomic E-state index is -3.63. The van der Waals surface area contributed by atoms with Gasteiger partial charge in [0.2, 0.25) is 15.9 Å². The molecule has 1 aromatic carbocycles. The summed E-state index contributed by atoms with van der Waals surface area (Å²) >= 11 is 0. The Bertz CT molecular complexity index is 1210. The van der Waals surface area contributed by atoms with E-state index in [2.05, 4.69) is 9.97 Å². The quantitative estimate of drug-likeness (QED) is 0.512. The first-order valence-electron chi connectivity index (χ1n) is 10.6. The van der Waals surface area contributed by atoms with Crippen LogP contribution in [-0.4, -0.2) is 37.2 Å². The molecule has 0 unspecified atom stereocenters. The number of carbonyl (C=O) groups is 1. The van der Waals surface area contributed by atoms with Gasteiger partial charge in [0.1, 0.15) is 12.4 Å². The van der Waals surface area contributed by atoms with Crippen LogP contribution >= 0.6 is 0 Å². The zero-order valence-electron chi connectivity index (χ0n) is 18.2. The summed E-state index contributed by atoms with van der Waals surface area (Å²) in [5.74, 6) is 1.24. The highest BCUT2D eigenvalue weighted by Crippen LogP contribution is 2.28. The Morgan fingerprint density at radius 2 is 1.88 bits per heavy atom. The van der Waals surface area contributed by atoms with E-state index in [1.54, 1.807) is 12.3 Å². The zero-order chi connectivity index (χ0) is 23.3. The Kier molecular flexibility index (Phi) is 6.88. The Morgan fingerprint density at radius 3 is 2.52 bits per heavy atom. The first-order chi connectivity index (χ1) is 15.9. The smallest absolute Gasteiger partial charge is 0.266 e. The van der Waals surface area contributed by atoms with Crippen molar-refractivity contribution >= 4 is 15.9 Å². The molecule has 4 rings (SSSR count). The highest BCUT2D eigenvalue weighted by Gasteiger charge is 2.18. The van der Waals surface area contributed by atoms with Crippen molar-refractivity contribution in [3.05, 3.63) is 72.2 Å². The molecule has 1 amide bonds. The fourth-order valence-electron chi connectivity index (χ4n) is 3.29. The maximum atomic E-state index is 11.9. The van der Waals surface area contributed by atoms with Crippen molar-refractivity contribution in [1.82, 2.24) is 14.7 Å². The fourth-order valence-corrected chi connectivity index (χ4v) is 3.75. The van der Waals surface area contributed by atoms with Crippen LogP contribution in [0.3, 0.4) is 0 Å². The van der Waals surface area contributed by atoms with Gasteiger partial charge in [0.25, 0.3) is 5.91 Å². The summed E-state index contributed by atoms with van der Waals surface area (Å²) in [6.45, 7) is 0.927. The molecule has 0 aliphatic heterocycles. The lowest BCUT2D eigenvalue weighted by Crippen LogP contribution is -2.29. The van der Waals surface area contributed by atoms with E-state index in [9.17, 15) is 13.2 Å². The SMILES string of the molecule is CS(=O)(=O)NC(=O)c1ccc(COc2cccc(-c3ccc(OCC4CCC4)nc3)c2)nc1. The predicted molar refractivity (Wildman–Crippen MR) is 123 cm³/mol. The Morgan fingerprint density at radius 1 is 1.03 bits per heavy atom. The number of hydrogen-bond acceptors (Lipinski definition) is 7. The lowest BCUT2D eigenvalue weighted by Gasteiger charge is -2.24. The molecule has 3 aromatic rings. The molecule has 33 heavy (non-hydrogen) atoms. The number of hydrogen-bond donors (Lipinski definition) is 1. The van der Waals surface area contributed by atoms with E-state index in [0.717, 1.165) is 24.0 Å².